The van der Waals surface area contributed by atoms with Gasteiger partial charge in [0.15, 0.2) is 9.84 Å². The molecule has 1 aliphatic heterocycles. The summed E-state index contributed by atoms with van der Waals surface area (Å²) in [6.07, 6.45) is 3.69. The third kappa shape index (κ3) is 6.13. The molecule has 0 spiro atoms. The minimum absolute atomic E-state index is 0.0273. The molecule has 4 rings (SSSR count). The van der Waals surface area contributed by atoms with Crippen LogP contribution in [0.5, 0.6) is 0 Å². The Bertz CT molecular complexity index is 1500. The Morgan fingerprint density at radius 1 is 1.15 bits per heavy atom. The number of likely N-dealkylation sites (tertiary alicyclic amines) is 1. The maximum atomic E-state index is 13.6. The molecule has 3 unspecified atom stereocenters. The van der Waals surface area contributed by atoms with E-state index in [4.69, 9.17) is 4.74 Å². The van der Waals surface area contributed by atoms with E-state index in [9.17, 15) is 28.5 Å². The molecule has 1 saturated heterocycles. The standard InChI is InChI=1S/C30H34N4O5S/c1-29(2,3)39-28(36)34-19-21-6-5-13-30(34,16-21)27(35)33-25(18-32)14-20-7-9-22(10-8-20)23-11-12-24(17-31)26(15-23)40(4,37)38/h7-12,15,21,25H,5-6,13-14,16,19H2,1-4H3,(H,33,35). The maximum Gasteiger partial charge on any atom is 0.411 e. The number of ether oxygens (including phenoxy) is 1. The highest BCUT2D eigenvalue weighted by Crippen LogP contribution is 2.45. The van der Waals surface area contributed by atoms with E-state index in [1.807, 2.05) is 30.3 Å². The molecule has 2 bridgehead atoms. The van der Waals surface area contributed by atoms with Gasteiger partial charge in [0.25, 0.3) is 0 Å². The summed E-state index contributed by atoms with van der Waals surface area (Å²) in [4.78, 5) is 28.2. The van der Waals surface area contributed by atoms with E-state index in [1.165, 1.54) is 12.1 Å². The van der Waals surface area contributed by atoms with Crippen molar-refractivity contribution in [2.24, 2.45) is 5.92 Å². The second kappa shape index (κ2) is 10.9. The summed E-state index contributed by atoms with van der Waals surface area (Å²) in [5.41, 5.74) is 0.592. The number of benzene rings is 2. The van der Waals surface area contributed by atoms with Gasteiger partial charge in [0.1, 0.15) is 23.3 Å². The van der Waals surface area contributed by atoms with E-state index >= 15 is 0 Å². The van der Waals surface area contributed by atoms with Gasteiger partial charge >= 0.3 is 6.09 Å². The number of carbonyl (C=O) groups excluding carboxylic acids is 2. The molecule has 0 radical (unpaired) electrons. The van der Waals surface area contributed by atoms with Gasteiger partial charge in [-0.05, 0) is 74.8 Å². The minimum Gasteiger partial charge on any atom is -0.444 e. The van der Waals surface area contributed by atoms with Crippen molar-refractivity contribution >= 4 is 21.8 Å². The predicted octanol–water partition coefficient (Wildman–Crippen LogP) is 4.36. The molecule has 1 heterocycles. The molecule has 9 nitrogen and oxygen atoms in total. The summed E-state index contributed by atoms with van der Waals surface area (Å²) < 4.78 is 29.9. The molecule has 2 aliphatic rings. The van der Waals surface area contributed by atoms with Crippen LogP contribution in [0.1, 0.15) is 57.6 Å². The number of nitriles is 2. The van der Waals surface area contributed by atoms with E-state index < -0.39 is 33.1 Å². The lowest BCUT2D eigenvalue weighted by Gasteiger charge is -2.39. The summed E-state index contributed by atoms with van der Waals surface area (Å²) in [7, 11) is -3.58. The number of nitrogens with one attached hydrogen (secondary N) is 1. The fourth-order valence-electron chi connectivity index (χ4n) is 5.69. The van der Waals surface area contributed by atoms with Crippen LogP contribution >= 0.6 is 0 Å². The summed E-state index contributed by atoms with van der Waals surface area (Å²) in [6.45, 7) is 5.85. The summed E-state index contributed by atoms with van der Waals surface area (Å²) in [5, 5.41) is 22.0. The Kier molecular flexibility index (Phi) is 7.96. The fraction of sp³-hybridized carbons (Fsp3) is 0.467. The maximum absolute atomic E-state index is 13.6. The minimum atomic E-state index is -3.58. The zero-order chi connectivity index (χ0) is 29.3. The van der Waals surface area contributed by atoms with Crippen LogP contribution in [0, 0.1) is 28.6 Å². The van der Waals surface area contributed by atoms with Crippen LogP contribution in [0.2, 0.25) is 0 Å². The highest BCUT2D eigenvalue weighted by atomic mass is 32.2. The quantitative estimate of drug-likeness (QED) is 0.552. The predicted molar refractivity (Wildman–Crippen MR) is 149 cm³/mol. The van der Waals surface area contributed by atoms with E-state index in [0.29, 0.717) is 24.9 Å². The lowest BCUT2D eigenvalue weighted by atomic mass is 9.79. The van der Waals surface area contributed by atoms with Crippen LogP contribution in [-0.4, -0.2) is 55.3 Å². The van der Waals surface area contributed by atoms with Gasteiger partial charge in [0.05, 0.1) is 16.5 Å². The molecule has 2 fully saturated rings. The van der Waals surface area contributed by atoms with Crippen molar-refractivity contribution in [3.63, 3.8) is 0 Å². The van der Waals surface area contributed by atoms with Gasteiger partial charge < -0.3 is 10.1 Å². The van der Waals surface area contributed by atoms with Gasteiger partial charge in [-0.3, -0.25) is 9.69 Å². The third-order valence-corrected chi connectivity index (χ3v) is 8.65. The number of amides is 2. The Morgan fingerprint density at radius 3 is 2.42 bits per heavy atom. The van der Waals surface area contributed by atoms with E-state index in [2.05, 4.69) is 11.4 Å². The first-order chi connectivity index (χ1) is 18.8. The van der Waals surface area contributed by atoms with Gasteiger partial charge in [0.2, 0.25) is 5.91 Å². The second-order valence-electron chi connectivity index (χ2n) is 11.7. The summed E-state index contributed by atoms with van der Waals surface area (Å²) in [5.74, 6) is -0.0971. The van der Waals surface area contributed by atoms with E-state index in [-0.39, 0.29) is 28.7 Å². The zero-order valence-electron chi connectivity index (χ0n) is 23.2. The highest BCUT2D eigenvalue weighted by Gasteiger charge is 2.56. The van der Waals surface area contributed by atoms with Crippen molar-refractivity contribution in [3.05, 3.63) is 53.6 Å². The van der Waals surface area contributed by atoms with Crippen LogP contribution < -0.4 is 5.32 Å². The smallest absolute Gasteiger partial charge is 0.411 e. The van der Waals surface area contributed by atoms with Crippen molar-refractivity contribution in [1.29, 1.82) is 10.5 Å². The average Bonchev–Trinajstić information content (AvgIpc) is 3.17. The Balaban J connectivity index is 1.49. The first kappa shape index (κ1) is 29.1. The molecule has 210 valence electrons. The molecule has 40 heavy (non-hydrogen) atoms. The van der Waals surface area contributed by atoms with Crippen LogP contribution in [0.25, 0.3) is 11.1 Å². The number of sulfone groups is 1. The Hall–Kier alpha value is -3.89. The number of carbonyl (C=O) groups is 2. The lowest BCUT2D eigenvalue weighted by molar-refractivity contribution is -0.133. The molecule has 2 aromatic carbocycles. The van der Waals surface area contributed by atoms with Gasteiger partial charge in [-0.25, -0.2) is 13.2 Å². The highest BCUT2D eigenvalue weighted by molar-refractivity contribution is 7.90. The number of hydrogen-bond donors (Lipinski definition) is 1. The number of fused-ring (bicyclic) bond motifs is 2. The first-order valence-electron chi connectivity index (χ1n) is 13.3. The molecule has 1 saturated carbocycles. The molecular weight excluding hydrogens is 528 g/mol. The second-order valence-corrected chi connectivity index (χ2v) is 13.7. The van der Waals surface area contributed by atoms with Crippen LogP contribution in [0.4, 0.5) is 4.79 Å². The van der Waals surface area contributed by atoms with Gasteiger partial charge in [-0.15, -0.1) is 0 Å². The molecular formula is C30H34N4O5S. The summed E-state index contributed by atoms with van der Waals surface area (Å²) in [6, 6.07) is 15.2. The molecule has 1 aliphatic carbocycles. The number of rotatable bonds is 6. The largest absolute Gasteiger partial charge is 0.444 e. The lowest BCUT2D eigenvalue weighted by Crippen LogP contribution is -2.59. The molecule has 0 aromatic heterocycles. The van der Waals surface area contributed by atoms with Crippen molar-refractivity contribution < 1.29 is 22.7 Å². The molecule has 3 atom stereocenters. The Morgan fingerprint density at radius 2 is 1.82 bits per heavy atom. The fourth-order valence-corrected chi connectivity index (χ4v) is 6.54. The SMILES string of the molecule is CC(C)(C)OC(=O)N1CC2CCCC1(C(=O)NC(C#N)Cc1ccc(-c3ccc(C#N)c(S(C)(=O)=O)c3)cc1)C2. The molecule has 1 N–H and O–H groups in total. The third-order valence-electron chi connectivity index (χ3n) is 7.51. The normalized spacial score (nSPS) is 21.1. The van der Waals surface area contributed by atoms with Gasteiger partial charge in [-0.2, -0.15) is 10.5 Å². The van der Waals surface area contributed by atoms with Crippen molar-refractivity contribution in [2.75, 3.05) is 12.8 Å². The molecule has 2 aromatic rings. The van der Waals surface area contributed by atoms with Crippen molar-refractivity contribution in [1.82, 2.24) is 10.2 Å². The zero-order valence-corrected chi connectivity index (χ0v) is 24.0. The monoisotopic (exact) mass is 562 g/mol. The van der Waals surface area contributed by atoms with Crippen molar-refractivity contribution in [3.8, 4) is 23.3 Å². The van der Waals surface area contributed by atoms with Crippen molar-refractivity contribution in [2.45, 2.75) is 75.0 Å². The number of nitrogens with zero attached hydrogens (tertiary/aromatic N) is 3. The Labute approximate surface area is 235 Å². The van der Waals surface area contributed by atoms with Crippen LogP contribution in [-0.2, 0) is 25.8 Å². The van der Waals surface area contributed by atoms with Gasteiger partial charge in [0, 0.05) is 19.2 Å². The summed E-state index contributed by atoms with van der Waals surface area (Å²) >= 11 is 0. The number of hydrogen-bond acceptors (Lipinski definition) is 7. The van der Waals surface area contributed by atoms with Gasteiger partial charge in [-0.1, -0.05) is 36.8 Å². The van der Waals surface area contributed by atoms with E-state index in [1.54, 1.807) is 31.7 Å². The average molecular weight is 563 g/mol. The van der Waals surface area contributed by atoms with E-state index in [0.717, 1.165) is 30.2 Å². The molecule has 2 amide bonds. The molecule has 10 heteroatoms. The van der Waals surface area contributed by atoms with Crippen LogP contribution in [0.15, 0.2) is 47.4 Å². The first-order valence-corrected chi connectivity index (χ1v) is 15.2. The topological polar surface area (TPSA) is 140 Å². The van der Waals surface area contributed by atoms with Crippen LogP contribution in [0.3, 0.4) is 0 Å².